The first-order valence-corrected chi connectivity index (χ1v) is 11.2. The van der Waals surface area contributed by atoms with Crippen molar-refractivity contribution in [1.82, 2.24) is 10.3 Å². The molecule has 0 aromatic rings. The fourth-order valence-corrected chi connectivity index (χ4v) is 4.26. The minimum atomic E-state index is -1.87. The molecule has 35 heavy (non-hydrogen) atoms. The van der Waals surface area contributed by atoms with Crippen molar-refractivity contribution in [2.24, 2.45) is 27.8 Å². The molecule has 3 aliphatic carbocycles. The van der Waals surface area contributed by atoms with Crippen molar-refractivity contribution in [2.45, 2.75) is 44.9 Å². The molecule has 194 valence electrons. The Kier molecular flexibility index (Phi) is 9.49. The molecule has 3 saturated carbocycles. The van der Waals surface area contributed by atoms with Crippen LogP contribution in [0.2, 0.25) is 0 Å². The summed E-state index contributed by atoms with van der Waals surface area (Å²) in [6.07, 6.45) is 5.77. The van der Waals surface area contributed by atoms with Gasteiger partial charge in [0.25, 0.3) is 11.8 Å². The maximum atomic E-state index is 12.3. The number of nitrogens with one attached hydrogen (secondary N) is 3. The van der Waals surface area contributed by atoms with Gasteiger partial charge in [0.1, 0.15) is 0 Å². The van der Waals surface area contributed by atoms with Crippen molar-refractivity contribution in [3.63, 3.8) is 0 Å². The predicted octanol–water partition coefficient (Wildman–Crippen LogP) is 1.62. The third-order valence-corrected chi connectivity index (χ3v) is 7.30. The molecule has 1 heterocycles. The van der Waals surface area contributed by atoms with Crippen molar-refractivity contribution in [1.29, 1.82) is 0 Å². The molecule has 0 spiro atoms. The number of hydrazone groups is 1. The number of hydrogen-bond acceptors (Lipinski definition) is 6. The molecule has 0 radical (unpaired) electrons. The van der Waals surface area contributed by atoms with Gasteiger partial charge in [-0.1, -0.05) is 24.7 Å². The second-order valence-electron chi connectivity index (χ2n) is 9.36. The van der Waals surface area contributed by atoms with Gasteiger partial charge in [-0.3, -0.25) is 28.9 Å². The van der Waals surface area contributed by atoms with Crippen LogP contribution in [-0.4, -0.2) is 70.1 Å². The van der Waals surface area contributed by atoms with Gasteiger partial charge in [0.15, 0.2) is 5.41 Å². The van der Waals surface area contributed by atoms with Gasteiger partial charge in [0.2, 0.25) is 5.91 Å². The third kappa shape index (κ3) is 6.05. The van der Waals surface area contributed by atoms with Crippen LogP contribution >= 0.6 is 0 Å². The quantitative estimate of drug-likeness (QED) is 0.188. The largest absolute Gasteiger partial charge is 2.00 e. The van der Waals surface area contributed by atoms with Crippen LogP contribution < -0.4 is 5.43 Å². The Morgan fingerprint density at radius 3 is 1.86 bits per heavy atom. The first-order chi connectivity index (χ1) is 16.1. The molecule has 4 aliphatic rings. The topological polar surface area (TPSA) is 201 Å². The maximum absolute atomic E-state index is 12.3. The molecule has 3 amide bonds. The zero-order valence-electron chi connectivity index (χ0n) is 19.0. The molecule has 0 bridgehead atoms. The van der Waals surface area contributed by atoms with E-state index in [1.165, 1.54) is 25.0 Å². The van der Waals surface area contributed by atoms with Crippen molar-refractivity contribution in [2.75, 3.05) is 19.6 Å². The molecular formula is C22H29N5O7Pt. The van der Waals surface area contributed by atoms with E-state index in [-0.39, 0.29) is 46.4 Å². The summed E-state index contributed by atoms with van der Waals surface area (Å²) in [5.74, 6) is -2.88. The summed E-state index contributed by atoms with van der Waals surface area (Å²) in [5.41, 5.74) is 14.1. The molecule has 0 aromatic heterocycles. The van der Waals surface area contributed by atoms with Gasteiger partial charge in [0.05, 0.1) is 5.41 Å². The fraction of sp³-hybridized carbons (Fsp3) is 0.636. The summed E-state index contributed by atoms with van der Waals surface area (Å²) in [6.45, 7) is 1.23. The first-order valence-electron chi connectivity index (χ1n) is 11.2. The van der Waals surface area contributed by atoms with E-state index in [9.17, 15) is 24.0 Å². The Bertz CT molecular complexity index is 890. The third-order valence-electron chi connectivity index (χ3n) is 7.30. The number of carboxylic acid groups (broad SMARTS) is 2. The van der Waals surface area contributed by atoms with Gasteiger partial charge in [-0.05, 0) is 19.3 Å². The average Bonchev–Trinajstić information content (AvgIpc) is 3.45. The number of carbonyl (C=O) groups is 5. The van der Waals surface area contributed by atoms with Crippen LogP contribution in [0.1, 0.15) is 44.9 Å². The van der Waals surface area contributed by atoms with E-state index in [0.717, 1.165) is 4.90 Å². The number of amides is 3. The summed E-state index contributed by atoms with van der Waals surface area (Å²) in [7, 11) is 0. The van der Waals surface area contributed by atoms with Gasteiger partial charge < -0.3 is 21.7 Å². The number of rotatable bonds is 9. The summed E-state index contributed by atoms with van der Waals surface area (Å²) in [6, 6.07) is 0. The maximum Gasteiger partial charge on any atom is 2.00 e. The number of carbonyl (C=O) groups excluding carboxylic acids is 3. The fourth-order valence-electron chi connectivity index (χ4n) is 4.26. The van der Waals surface area contributed by atoms with E-state index < -0.39 is 34.6 Å². The summed E-state index contributed by atoms with van der Waals surface area (Å²) in [5, 5.41) is 21.9. The van der Waals surface area contributed by atoms with Crippen molar-refractivity contribution >= 4 is 35.4 Å². The Labute approximate surface area is 216 Å². The molecule has 0 aromatic carbocycles. The number of aliphatic carboxylic acids is 2. The minimum Gasteiger partial charge on any atom is -0.677 e. The summed E-state index contributed by atoms with van der Waals surface area (Å²) >= 11 is 0. The monoisotopic (exact) mass is 670 g/mol. The Hall–Kier alpha value is -2.43. The SMILES string of the molecule is O=C1C=CC(=O)N1CCC1(C(=O)NN=C2CC(C(=O)O)(C(=O)O)C2)CC1.[NH-]C[C@@H]1CC[C@H]1C[NH-].[Pt+2]. The molecule has 13 heteroatoms. The molecule has 3 fully saturated rings. The van der Waals surface area contributed by atoms with Gasteiger partial charge >= 0.3 is 33.0 Å². The van der Waals surface area contributed by atoms with Crippen LogP contribution in [0, 0.1) is 22.7 Å². The molecular weight excluding hydrogens is 641 g/mol. The number of imide groups is 1. The summed E-state index contributed by atoms with van der Waals surface area (Å²) in [4.78, 5) is 58.6. The molecule has 4 rings (SSSR count). The van der Waals surface area contributed by atoms with Crippen LogP contribution in [0.4, 0.5) is 0 Å². The van der Waals surface area contributed by atoms with E-state index in [2.05, 4.69) is 10.5 Å². The van der Waals surface area contributed by atoms with E-state index in [0.29, 0.717) is 49.9 Å². The van der Waals surface area contributed by atoms with Gasteiger partial charge in [-0.15, -0.1) is 13.1 Å². The first kappa shape index (κ1) is 28.8. The van der Waals surface area contributed by atoms with Gasteiger partial charge in [-0.2, -0.15) is 5.10 Å². The number of hydrogen-bond donors (Lipinski definition) is 3. The van der Waals surface area contributed by atoms with Crippen LogP contribution in [0.3, 0.4) is 0 Å². The Balaban J connectivity index is 0.000000409. The summed E-state index contributed by atoms with van der Waals surface area (Å²) < 4.78 is 0. The smallest absolute Gasteiger partial charge is 0.677 e. The molecule has 12 nitrogen and oxygen atoms in total. The molecule has 1 aliphatic heterocycles. The Morgan fingerprint density at radius 2 is 1.49 bits per heavy atom. The van der Waals surface area contributed by atoms with E-state index in [1.54, 1.807) is 0 Å². The van der Waals surface area contributed by atoms with Gasteiger partial charge in [-0.25, -0.2) is 5.43 Å². The standard InChI is InChI=1S/C16H17N3O7.C6H12N2.Pt/c20-10-1-2-11(21)19(10)6-5-15(3-4-15)12(22)18-17-9-7-16(8-9,13(23)24)14(25)26;7-3-5-1-2-6(5)4-8;/h1-2H,3-8H2,(H,18,22)(H,23,24)(H,25,26);5-8H,1-4H2;/q;-2;+2/t;5-,6-;/m.0./s1. The zero-order chi connectivity index (χ0) is 25.1. The van der Waals surface area contributed by atoms with Crippen molar-refractivity contribution in [3.8, 4) is 0 Å². The molecule has 5 N–H and O–H groups in total. The van der Waals surface area contributed by atoms with Gasteiger partial charge in [0, 0.05) is 37.3 Å². The second kappa shape index (κ2) is 11.5. The van der Waals surface area contributed by atoms with Crippen LogP contribution in [0.5, 0.6) is 0 Å². The van der Waals surface area contributed by atoms with E-state index >= 15 is 0 Å². The van der Waals surface area contributed by atoms with Crippen molar-refractivity contribution < 1.29 is 55.3 Å². The van der Waals surface area contributed by atoms with E-state index in [4.69, 9.17) is 21.7 Å². The van der Waals surface area contributed by atoms with Crippen LogP contribution in [0.25, 0.3) is 11.5 Å². The second-order valence-corrected chi connectivity index (χ2v) is 9.36. The zero-order valence-corrected chi connectivity index (χ0v) is 21.3. The molecule has 0 saturated heterocycles. The molecule has 2 atom stereocenters. The van der Waals surface area contributed by atoms with Crippen LogP contribution in [0.15, 0.2) is 17.3 Å². The van der Waals surface area contributed by atoms with E-state index in [1.807, 2.05) is 0 Å². The average molecular weight is 671 g/mol. The minimum absolute atomic E-state index is 0. The Morgan fingerprint density at radius 1 is 1.00 bits per heavy atom. The molecule has 0 unspecified atom stereocenters. The number of carboxylic acids is 2. The predicted molar refractivity (Wildman–Crippen MR) is 119 cm³/mol. The number of nitrogens with zero attached hydrogens (tertiary/aromatic N) is 2. The van der Waals surface area contributed by atoms with Crippen molar-refractivity contribution in [3.05, 3.63) is 23.6 Å². The van der Waals surface area contributed by atoms with Crippen LogP contribution in [-0.2, 0) is 45.0 Å². The normalized spacial score (nSPS) is 24.7.